The van der Waals surface area contributed by atoms with E-state index in [0.717, 1.165) is 5.56 Å². The minimum Gasteiger partial charge on any atom is -0.239 e. The molecule has 2 aromatic carbocycles. The van der Waals surface area contributed by atoms with E-state index in [1.165, 1.54) is 22.3 Å². The number of benzene rings is 2. The molecule has 4 nitrogen and oxygen atoms in total. The number of aryl methyl sites for hydroxylation is 2. The Balaban J connectivity index is 2.04. The van der Waals surface area contributed by atoms with Gasteiger partial charge in [0.1, 0.15) is 0 Å². The second-order valence-electron chi connectivity index (χ2n) is 4.59. The molecule has 4 heteroatoms. The second-order valence-corrected chi connectivity index (χ2v) is 4.59. The number of tetrazole rings is 1. The predicted molar refractivity (Wildman–Crippen MR) is 74.5 cm³/mol. The van der Waals surface area contributed by atoms with E-state index in [0.29, 0.717) is 5.82 Å². The van der Waals surface area contributed by atoms with Crippen molar-refractivity contribution in [2.75, 3.05) is 0 Å². The molecule has 0 atom stereocenters. The fraction of sp³-hybridized carbons (Fsp3) is 0.133. The molecule has 19 heavy (non-hydrogen) atoms. The van der Waals surface area contributed by atoms with Crippen LogP contribution in [-0.2, 0) is 0 Å². The maximum absolute atomic E-state index is 3.91. The van der Waals surface area contributed by atoms with E-state index < -0.39 is 0 Å². The van der Waals surface area contributed by atoms with Crippen molar-refractivity contribution in [2.24, 2.45) is 0 Å². The Morgan fingerprint density at radius 2 is 1.47 bits per heavy atom. The summed E-state index contributed by atoms with van der Waals surface area (Å²) in [4.78, 5) is 0. The summed E-state index contributed by atoms with van der Waals surface area (Å²) in [7, 11) is 0. The molecule has 0 radical (unpaired) electrons. The molecule has 1 N–H and O–H groups in total. The van der Waals surface area contributed by atoms with E-state index in [-0.39, 0.29) is 0 Å². The number of hydrogen-bond acceptors (Lipinski definition) is 3. The zero-order chi connectivity index (χ0) is 13.2. The van der Waals surface area contributed by atoms with Crippen molar-refractivity contribution >= 4 is 0 Å². The molecule has 1 aromatic heterocycles. The number of rotatable bonds is 2. The van der Waals surface area contributed by atoms with Gasteiger partial charge in [0.15, 0.2) is 5.82 Å². The molecule has 3 aromatic rings. The molecule has 1 heterocycles. The summed E-state index contributed by atoms with van der Waals surface area (Å²) < 4.78 is 0. The number of nitrogens with one attached hydrogen (secondary N) is 1. The van der Waals surface area contributed by atoms with E-state index in [2.05, 4.69) is 64.8 Å². The van der Waals surface area contributed by atoms with Gasteiger partial charge in [0.25, 0.3) is 0 Å². The first-order valence-electron chi connectivity index (χ1n) is 6.16. The first-order chi connectivity index (χ1) is 9.25. The molecular weight excluding hydrogens is 236 g/mol. The van der Waals surface area contributed by atoms with Crippen LogP contribution < -0.4 is 0 Å². The predicted octanol–water partition coefficient (Wildman–Crippen LogP) is 3.15. The van der Waals surface area contributed by atoms with Crippen LogP contribution in [0.25, 0.3) is 22.5 Å². The fourth-order valence-corrected chi connectivity index (χ4v) is 2.35. The van der Waals surface area contributed by atoms with Crippen molar-refractivity contribution in [1.29, 1.82) is 0 Å². The summed E-state index contributed by atoms with van der Waals surface area (Å²) in [6.07, 6.45) is 0. The molecule has 0 spiro atoms. The molecule has 0 aliphatic heterocycles. The maximum Gasteiger partial charge on any atom is 0.179 e. The van der Waals surface area contributed by atoms with E-state index in [9.17, 15) is 0 Å². The SMILES string of the molecule is Cc1cccc(C)c1-c1ccc(-c2nnn[nH]2)cc1. The zero-order valence-corrected chi connectivity index (χ0v) is 10.9. The minimum absolute atomic E-state index is 0.688. The van der Waals surface area contributed by atoms with Crippen molar-refractivity contribution in [2.45, 2.75) is 13.8 Å². The topological polar surface area (TPSA) is 54.5 Å². The number of aromatic nitrogens is 4. The van der Waals surface area contributed by atoms with Crippen LogP contribution in [0.1, 0.15) is 11.1 Å². The molecule has 0 saturated heterocycles. The van der Waals surface area contributed by atoms with Crippen molar-refractivity contribution in [1.82, 2.24) is 20.6 Å². The molecule has 3 rings (SSSR count). The summed E-state index contributed by atoms with van der Waals surface area (Å²) >= 11 is 0. The van der Waals surface area contributed by atoms with Crippen LogP contribution >= 0.6 is 0 Å². The zero-order valence-electron chi connectivity index (χ0n) is 10.9. The molecule has 0 aliphatic rings. The van der Waals surface area contributed by atoms with Gasteiger partial charge in [-0.3, -0.25) is 0 Å². The van der Waals surface area contributed by atoms with Gasteiger partial charge >= 0.3 is 0 Å². The van der Waals surface area contributed by atoms with Crippen molar-refractivity contribution in [3.63, 3.8) is 0 Å². The number of nitrogens with zero attached hydrogens (tertiary/aromatic N) is 3. The Morgan fingerprint density at radius 1 is 0.842 bits per heavy atom. The lowest BCUT2D eigenvalue weighted by Crippen LogP contribution is -1.88. The average molecular weight is 250 g/mol. The Bertz CT molecular complexity index is 664. The van der Waals surface area contributed by atoms with Crippen LogP contribution in [0.15, 0.2) is 42.5 Å². The number of hydrogen-bond donors (Lipinski definition) is 1. The third-order valence-corrected chi connectivity index (χ3v) is 3.27. The van der Waals surface area contributed by atoms with Crippen molar-refractivity contribution in [3.05, 3.63) is 53.6 Å². The lowest BCUT2D eigenvalue weighted by molar-refractivity contribution is 0.881. The second kappa shape index (κ2) is 4.65. The van der Waals surface area contributed by atoms with Crippen molar-refractivity contribution < 1.29 is 0 Å². The summed E-state index contributed by atoms with van der Waals surface area (Å²) in [6.45, 7) is 4.27. The maximum atomic E-state index is 3.91. The van der Waals surface area contributed by atoms with Gasteiger partial charge in [-0.25, -0.2) is 5.10 Å². The van der Waals surface area contributed by atoms with Gasteiger partial charge in [-0.2, -0.15) is 0 Å². The van der Waals surface area contributed by atoms with Gasteiger partial charge in [0, 0.05) is 5.56 Å². The average Bonchev–Trinajstić information content (AvgIpc) is 2.93. The highest BCUT2D eigenvalue weighted by Crippen LogP contribution is 2.28. The van der Waals surface area contributed by atoms with Crippen molar-refractivity contribution in [3.8, 4) is 22.5 Å². The quantitative estimate of drug-likeness (QED) is 0.760. The third-order valence-electron chi connectivity index (χ3n) is 3.27. The van der Waals surface area contributed by atoms with Gasteiger partial charge < -0.3 is 0 Å². The summed E-state index contributed by atoms with van der Waals surface area (Å²) in [6, 6.07) is 14.6. The Labute approximate surface area is 111 Å². The number of H-pyrrole nitrogens is 1. The highest BCUT2D eigenvalue weighted by Gasteiger charge is 2.06. The van der Waals surface area contributed by atoms with Gasteiger partial charge in [0.2, 0.25) is 0 Å². The standard InChI is InChI=1S/C15H14N4/c1-10-4-3-5-11(2)14(10)12-6-8-13(9-7-12)15-16-18-19-17-15/h3-9H,1-2H3,(H,16,17,18,19). The van der Waals surface area contributed by atoms with Crippen LogP contribution in [0.3, 0.4) is 0 Å². The van der Waals surface area contributed by atoms with E-state index >= 15 is 0 Å². The smallest absolute Gasteiger partial charge is 0.179 e. The Morgan fingerprint density at radius 3 is 2.05 bits per heavy atom. The largest absolute Gasteiger partial charge is 0.239 e. The van der Waals surface area contributed by atoms with E-state index in [1.54, 1.807) is 0 Å². The van der Waals surface area contributed by atoms with Crippen LogP contribution in [0.2, 0.25) is 0 Å². The minimum atomic E-state index is 0.688. The molecule has 0 unspecified atom stereocenters. The molecule has 0 amide bonds. The number of aromatic amines is 1. The first-order valence-corrected chi connectivity index (χ1v) is 6.16. The Kier molecular flexibility index (Phi) is 2.83. The van der Waals surface area contributed by atoms with E-state index in [4.69, 9.17) is 0 Å². The highest BCUT2D eigenvalue weighted by atomic mass is 15.5. The van der Waals surface area contributed by atoms with Gasteiger partial charge in [-0.05, 0) is 46.5 Å². The van der Waals surface area contributed by atoms with Crippen LogP contribution in [0, 0.1) is 13.8 Å². The molecule has 0 bridgehead atoms. The normalized spacial score (nSPS) is 10.6. The molecular formula is C15H14N4. The van der Waals surface area contributed by atoms with Gasteiger partial charge in [0.05, 0.1) is 0 Å². The molecule has 0 fully saturated rings. The highest BCUT2D eigenvalue weighted by molar-refractivity contribution is 5.72. The van der Waals surface area contributed by atoms with E-state index in [1.807, 2.05) is 12.1 Å². The van der Waals surface area contributed by atoms with Crippen LogP contribution in [0.4, 0.5) is 0 Å². The van der Waals surface area contributed by atoms with Gasteiger partial charge in [-0.15, -0.1) is 5.10 Å². The summed E-state index contributed by atoms with van der Waals surface area (Å²) in [5.41, 5.74) is 6.07. The monoisotopic (exact) mass is 250 g/mol. The third kappa shape index (κ3) is 2.12. The molecule has 0 aliphatic carbocycles. The lowest BCUT2D eigenvalue weighted by Gasteiger charge is -2.10. The van der Waals surface area contributed by atoms with Gasteiger partial charge in [-0.1, -0.05) is 42.5 Å². The molecule has 0 saturated carbocycles. The van der Waals surface area contributed by atoms with Crippen LogP contribution in [-0.4, -0.2) is 20.6 Å². The molecule has 94 valence electrons. The van der Waals surface area contributed by atoms with Crippen LogP contribution in [0.5, 0.6) is 0 Å². The fourth-order valence-electron chi connectivity index (χ4n) is 2.35. The summed E-state index contributed by atoms with van der Waals surface area (Å²) in [5.74, 6) is 0.688. The first kappa shape index (κ1) is 11.6. The Hall–Kier alpha value is -2.49. The lowest BCUT2D eigenvalue weighted by atomic mass is 9.95. The summed E-state index contributed by atoms with van der Waals surface area (Å²) in [5, 5.41) is 13.8.